The Labute approximate surface area is 160 Å². The average Bonchev–Trinajstić information content (AvgIpc) is 3.40. The van der Waals surface area contributed by atoms with Gasteiger partial charge in [-0.3, -0.25) is 10.1 Å². The van der Waals surface area contributed by atoms with Crippen LogP contribution in [-0.2, 0) is 23.3 Å². The number of amides is 1. The van der Waals surface area contributed by atoms with Gasteiger partial charge in [-0.05, 0) is 37.3 Å². The van der Waals surface area contributed by atoms with Gasteiger partial charge in [-0.1, -0.05) is 26.7 Å². The Morgan fingerprint density at radius 3 is 2.93 bits per heavy atom. The SMILES string of the molecule is CC(C)CCN(Cc1ccco1)C(=O)[C@@H]1Cc2[nH]cnc2C2(CCCC2)N1. The lowest BCUT2D eigenvalue weighted by Gasteiger charge is -2.40. The minimum atomic E-state index is -0.210. The van der Waals surface area contributed by atoms with Crippen LogP contribution in [0.3, 0.4) is 0 Å². The van der Waals surface area contributed by atoms with E-state index in [1.54, 1.807) is 12.6 Å². The molecule has 1 aliphatic carbocycles. The number of carbonyl (C=O) groups excluding carboxylic acids is 1. The van der Waals surface area contributed by atoms with Crippen LogP contribution >= 0.6 is 0 Å². The van der Waals surface area contributed by atoms with Gasteiger partial charge in [0.05, 0.1) is 36.4 Å². The Morgan fingerprint density at radius 1 is 1.41 bits per heavy atom. The molecule has 1 aliphatic heterocycles. The first-order chi connectivity index (χ1) is 13.1. The van der Waals surface area contributed by atoms with Crippen LogP contribution in [0.15, 0.2) is 29.1 Å². The molecule has 3 heterocycles. The number of rotatable bonds is 6. The summed E-state index contributed by atoms with van der Waals surface area (Å²) in [5, 5.41) is 3.71. The van der Waals surface area contributed by atoms with E-state index in [-0.39, 0.29) is 17.5 Å². The fourth-order valence-electron chi connectivity index (χ4n) is 4.55. The van der Waals surface area contributed by atoms with Gasteiger partial charge in [0.1, 0.15) is 5.76 Å². The van der Waals surface area contributed by atoms with E-state index in [2.05, 4.69) is 29.1 Å². The third kappa shape index (κ3) is 3.68. The molecule has 0 unspecified atom stereocenters. The molecule has 146 valence electrons. The van der Waals surface area contributed by atoms with Gasteiger partial charge in [0.25, 0.3) is 0 Å². The largest absolute Gasteiger partial charge is 0.467 e. The Balaban J connectivity index is 1.55. The number of hydrogen-bond acceptors (Lipinski definition) is 4. The fraction of sp³-hybridized carbons (Fsp3) is 0.619. The monoisotopic (exact) mass is 370 g/mol. The van der Waals surface area contributed by atoms with Crippen LogP contribution in [0.2, 0.25) is 0 Å². The van der Waals surface area contributed by atoms with Crippen molar-refractivity contribution < 1.29 is 9.21 Å². The summed E-state index contributed by atoms with van der Waals surface area (Å²) in [7, 11) is 0. The molecule has 2 aliphatic rings. The van der Waals surface area contributed by atoms with Crippen LogP contribution in [0.4, 0.5) is 0 Å². The van der Waals surface area contributed by atoms with Gasteiger partial charge in [-0.15, -0.1) is 0 Å². The van der Waals surface area contributed by atoms with E-state index in [1.807, 2.05) is 17.0 Å². The smallest absolute Gasteiger partial charge is 0.240 e. The third-order valence-corrected chi connectivity index (χ3v) is 6.00. The van der Waals surface area contributed by atoms with Crippen LogP contribution in [-0.4, -0.2) is 33.4 Å². The van der Waals surface area contributed by atoms with Crippen LogP contribution < -0.4 is 5.32 Å². The molecule has 2 N–H and O–H groups in total. The van der Waals surface area contributed by atoms with Gasteiger partial charge in [0.15, 0.2) is 0 Å². The predicted molar refractivity (Wildman–Crippen MR) is 103 cm³/mol. The number of carbonyl (C=O) groups is 1. The van der Waals surface area contributed by atoms with Crippen molar-refractivity contribution in [2.24, 2.45) is 5.92 Å². The number of H-pyrrole nitrogens is 1. The van der Waals surface area contributed by atoms with Crippen molar-refractivity contribution in [3.8, 4) is 0 Å². The van der Waals surface area contributed by atoms with Gasteiger partial charge in [0.2, 0.25) is 5.91 Å². The molecule has 2 aromatic heterocycles. The summed E-state index contributed by atoms with van der Waals surface area (Å²) in [5.41, 5.74) is 2.11. The van der Waals surface area contributed by atoms with Crippen molar-refractivity contribution in [3.05, 3.63) is 41.9 Å². The van der Waals surface area contributed by atoms with E-state index < -0.39 is 0 Å². The zero-order valence-electron chi connectivity index (χ0n) is 16.3. The minimum Gasteiger partial charge on any atom is -0.467 e. The Hall–Kier alpha value is -2.08. The van der Waals surface area contributed by atoms with E-state index >= 15 is 0 Å². The second-order valence-corrected chi connectivity index (χ2v) is 8.44. The fourth-order valence-corrected chi connectivity index (χ4v) is 4.55. The lowest BCUT2D eigenvalue weighted by Crippen LogP contribution is -2.58. The lowest BCUT2D eigenvalue weighted by atomic mass is 9.84. The van der Waals surface area contributed by atoms with Gasteiger partial charge in [-0.2, -0.15) is 0 Å². The summed E-state index contributed by atoms with van der Waals surface area (Å²) < 4.78 is 5.51. The van der Waals surface area contributed by atoms with Crippen LogP contribution in [0.1, 0.15) is 63.1 Å². The molecule has 1 fully saturated rings. The van der Waals surface area contributed by atoms with Crippen molar-refractivity contribution in [2.45, 2.75) is 70.5 Å². The van der Waals surface area contributed by atoms with E-state index in [4.69, 9.17) is 4.42 Å². The summed E-state index contributed by atoms with van der Waals surface area (Å²) in [6.07, 6.45) is 9.58. The second kappa shape index (κ2) is 7.50. The van der Waals surface area contributed by atoms with E-state index in [0.29, 0.717) is 18.9 Å². The maximum atomic E-state index is 13.5. The van der Waals surface area contributed by atoms with Crippen molar-refractivity contribution in [1.29, 1.82) is 0 Å². The molecular weight excluding hydrogens is 340 g/mol. The predicted octanol–water partition coefficient (Wildman–Crippen LogP) is 3.36. The van der Waals surface area contributed by atoms with Crippen molar-refractivity contribution >= 4 is 5.91 Å². The van der Waals surface area contributed by atoms with E-state index in [0.717, 1.165) is 43.0 Å². The molecule has 1 saturated carbocycles. The zero-order chi connectivity index (χ0) is 18.9. The Kier molecular flexibility index (Phi) is 5.08. The molecule has 2 aromatic rings. The first kappa shape index (κ1) is 18.3. The summed E-state index contributed by atoms with van der Waals surface area (Å²) in [6.45, 7) is 5.66. The molecule has 4 rings (SSSR count). The lowest BCUT2D eigenvalue weighted by molar-refractivity contribution is -0.135. The summed E-state index contributed by atoms with van der Waals surface area (Å²) >= 11 is 0. The molecule has 0 bridgehead atoms. The van der Waals surface area contributed by atoms with Gasteiger partial charge in [0, 0.05) is 18.7 Å². The highest BCUT2D eigenvalue weighted by molar-refractivity contribution is 5.82. The standard InChI is InChI=1S/C21H30N4O2/c1-15(2)7-10-25(13-16-6-5-11-27-16)20(26)18-12-17-19(23-14-22-17)21(24-18)8-3-4-9-21/h5-6,11,14-15,18,24H,3-4,7-10,12-13H2,1-2H3,(H,22,23)/t18-/m0/s1. The maximum Gasteiger partial charge on any atom is 0.240 e. The van der Waals surface area contributed by atoms with Gasteiger partial charge in [-0.25, -0.2) is 4.98 Å². The highest BCUT2D eigenvalue weighted by Gasteiger charge is 2.46. The molecule has 0 radical (unpaired) electrons. The number of fused-ring (bicyclic) bond motifs is 2. The molecule has 1 amide bonds. The number of nitrogens with one attached hydrogen (secondary N) is 2. The third-order valence-electron chi connectivity index (χ3n) is 6.00. The average molecular weight is 370 g/mol. The molecule has 27 heavy (non-hydrogen) atoms. The number of nitrogens with zero attached hydrogens (tertiary/aromatic N) is 2. The first-order valence-electron chi connectivity index (χ1n) is 10.2. The van der Waals surface area contributed by atoms with Crippen LogP contribution in [0.5, 0.6) is 0 Å². The minimum absolute atomic E-state index is 0.137. The van der Waals surface area contributed by atoms with Gasteiger partial charge < -0.3 is 14.3 Å². The van der Waals surface area contributed by atoms with Crippen LogP contribution in [0, 0.1) is 5.92 Å². The number of aromatic amines is 1. The topological polar surface area (TPSA) is 74.2 Å². The molecule has 6 nitrogen and oxygen atoms in total. The van der Waals surface area contributed by atoms with Crippen molar-refractivity contribution in [3.63, 3.8) is 0 Å². The molecule has 1 spiro atoms. The Bertz CT molecular complexity index is 759. The summed E-state index contributed by atoms with van der Waals surface area (Å²) in [4.78, 5) is 23.3. The van der Waals surface area contributed by atoms with Crippen molar-refractivity contribution in [2.75, 3.05) is 6.54 Å². The number of furan rings is 1. The molecule has 0 aromatic carbocycles. The molecular formula is C21H30N4O2. The highest BCUT2D eigenvalue weighted by Crippen LogP contribution is 2.42. The second-order valence-electron chi connectivity index (χ2n) is 8.44. The summed E-state index contributed by atoms with van der Waals surface area (Å²) in [5.74, 6) is 1.55. The van der Waals surface area contributed by atoms with E-state index in [1.165, 1.54) is 12.8 Å². The zero-order valence-corrected chi connectivity index (χ0v) is 16.3. The summed E-state index contributed by atoms with van der Waals surface area (Å²) in [6, 6.07) is 3.61. The quantitative estimate of drug-likeness (QED) is 0.818. The molecule has 6 heteroatoms. The van der Waals surface area contributed by atoms with Gasteiger partial charge >= 0.3 is 0 Å². The maximum absolute atomic E-state index is 13.5. The molecule has 1 atom stereocenters. The number of imidazole rings is 1. The van der Waals surface area contributed by atoms with Crippen molar-refractivity contribution in [1.82, 2.24) is 20.2 Å². The Morgan fingerprint density at radius 2 is 2.22 bits per heavy atom. The normalized spacial score (nSPS) is 20.9. The first-order valence-corrected chi connectivity index (χ1v) is 10.2. The number of aromatic nitrogens is 2. The van der Waals surface area contributed by atoms with E-state index in [9.17, 15) is 4.79 Å². The number of hydrogen-bond donors (Lipinski definition) is 2. The highest BCUT2D eigenvalue weighted by atomic mass is 16.3. The molecule has 0 saturated heterocycles. The van der Waals surface area contributed by atoms with Crippen LogP contribution in [0.25, 0.3) is 0 Å².